The molecule has 2 aromatic carbocycles. The average molecular weight is 566 g/mol. The van der Waals surface area contributed by atoms with Crippen LogP contribution in [0.2, 0.25) is 5.02 Å². The molecule has 1 fully saturated rings. The highest BCUT2D eigenvalue weighted by atomic mass is 35.5. The van der Waals surface area contributed by atoms with Crippen LogP contribution in [0.1, 0.15) is 23.1 Å². The highest BCUT2D eigenvalue weighted by Gasteiger charge is 2.33. The molecule has 0 radical (unpaired) electrons. The van der Waals surface area contributed by atoms with E-state index in [2.05, 4.69) is 25.6 Å². The molecule has 0 aliphatic carbocycles. The molecule has 12 heteroatoms. The third-order valence-corrected chi connectivity index (χ3v) is 8.41. The van der Waals surface area contributed by atoms with Crippen LogP contribution in [0.5, 0.6) is 0 Å². The molecule has 0 bridgehead atoms. The number of aromatic nitrogens is 2. The number of amides is 1. The van der Waals surface area contributed by atoms with Crippen LogP contribution in [-0.2, 0) is 17.5 Å². The molecule has 0 saturated carbocycles. The van der Waals surface area contributed by atoms with Crippen LogP contribution in [0, 0.1) is 0 Å². The zero-order valence-corrected chi connectivity index (χ0v) is 22.2. The van der Waals surface area contributed by atoms with Gasteiger partial charge in [0.05, 0.1) is 28.7 Å². The minimum atomic E-state index is -4.52. The Balaban J connectivity index is 1.33. The lowest BCUT2D eigenvalue weighted by Crippen LogP contribution is -2.31. The largest absolute Gasteiger partial charge is 0.416 e. The van der Waals surface area contributed by atoms with Crippen molar-refractivity contribution in [2.45, 2.75) is 19.1 Å². The van der Waals surface area contributed by atoms with Gasteiger partial charge < -0.3 is 4.90 Å². The van der Waals surface area contributed by atoms with Crippen molar-refractivity contribution in [2.24, 2.45) is 4.99 Å². The van der Waals surface area contributed by atoms with Crippen LogP contribution >= 0.6 is 35.3 Å². The zero-order chi connectivity index (χ0) is 26.2. The molecule has 0 N–H and O–H groups in total. The van der Waals surface area contributed by atoms with Gasteiger partial charge in [-0.05, 0) is 65.9 Å². The molecule has 1 amide bonds. The Morgan fingerprint density at radius 3 is 2.76 bits per heavy atom. The lowest BCUT2D eigenvalue weighted by molar-refractivity contribution is -0.138. The Morgan fingerprint density at radius 1 is 1.14 bits per heavy atom. The number of halogens is 4. The van der Waals surface area contributed by atoms with E-state index in [1.54, 1.807) is 30.3 Å². The lowest BCUT2D eigenvalue weighted by atomic mass is 10.1. The number of alkyl halides is 3. The third-order valence-electron chi connectivity index (χ3n) is 6.25. The number of amidine groups is 1. The van der Waals surface area contributed by atoms with Gasteiger partial charge in [0.1, 0.15) is 0 Å². The number of fused-ring (bicyclic) bond motifs is 1. The molecule has 0 unspecified atom stereocenters. The van der Waals surface area contributed by atoms with Crippen molar-refractivity contribution in [1.29, 1.82) is 0 Å². The first-order chi connectivity index (χ1) is 17.7. The number of carbonyl (C=O) groups is 1. The molecule has 2 aliphatic rings. The molecule has 0 spiro atoms. The van der Waals surface area contributed by atoms with Crippen molar-refractivity contribution in [2.75, 3.05) is 32.4 Å². The Morgan fingerprint density at radius 2 is 1.97 bits per heavy atom. The smallest absolute Gasteiger partial charge is 0.349 e. The first-order valence-corrected chi connectivity index (χ1v) is 14.0. The second kappa shape index (κ2) is 10.7. The fourth-order valence-corrected chi connectivity index (χ4v) is 6.10. The molecule has 0 atom stereocenters. The van der Waals surface area contributed by atoms with Crippen molar-refractivity contribution >= 4 is 63.4 Å². The van der Waals surface area contributed by atoms with Gasteiger partial charge in [0.15, 0.2) is 5.17 Å². The molecule has 2 aliphatic heterocycles. The Hall–Kier alpha value is -2.47. The predicted octanol–water partition coefficient (Wildman–Crippen LogP) is 6.01. The standard InChI is InChI=1S/C25H23ClF3N5OS2/c1-36-33-8-2-7-32(9-10-33)24-31-23(35)22(37-24)12-16-3-6-21-18(11-16)14-30-34(21)15-17-4-5-19(26)13-20(17)25(27,28)29/h3-6,11-14H,2,7-10,15H2,1H3/b22-12-. The number of rotatable bonds is 4. The summed E-state index contributed by atoms with van der Waals surface area (Å²) in [7, 11) is 0. The summed E-state index contributed by atoms with van der Waals surface area (Å²) in [6.45, 7) is 3.55. The summed E-state index contributed by atoms with van der Waals surface area (Å²) in [6, 6.07) is 9.25. The van der Waals surface area contributed by atoms with Crippen LogP contribution in [-0.4, -0.2) is 62.5 Å². The van der Waals surface area contributed by atoms with Gasteiger partial charge in [-0.25, -0.2) is 4.31 Å². The Bertz CT molecular complexity index is 1400. The highest BCUT2D eigenvalue weighted by molar-refractivity contribution is 8.18. The maximum absolute atomic E-state index is 13.5. The maximum Gasteiger partial charge on any atom is 0.416 e. The van der Waals surface area contributed by atoms with Gasteiger partial charge in [-0.3, -0.25) is 9.48 Å². The Kier molecular flexibility index (Phi) is 7.58. The summed E-state index contributed by atoms with van der Waals surface area (Å²) >= 11 is 8.91. The number of carbonyl (C=O) groups excluding carboxylic acids is 1. The van der Waals surface area contributed by atoms with E-state index >= 15 is 0 Å². The van der Waals surface area contributed by atoms with Crippen molar-refractivity contribution in [3.8, 4) is 0 Å². The maximum atomic E-state index is 13.5. The van der Waals surface area contributed by atoms with Crippen molar-refractivity contribution in [1.82, 2.24) is 19.0 Å². The third kappa shape index (κ3) is 5.84. The topological polar surface area (TPSA) is 53.7 Å². The van der Waals surface area contributed by atoms with E-state index in [4.69, 9.17) is 11.6 Å². The molecule has 5 rings (SSSR count). The lowest BCUT2D eigenvalue weighted by Gasteiger charge is -2.21. The van der Waals surface area contributed by atoms with E-state index in [-0.39, 0.29) is 23.0 Å². The van der Waals surface area contributed by atoms with E-state index in [1.807, 2.05) is 12.1 Å². The number of thioether (sulfide) groups is 1. The average Bonchev–Trinajstić information content (AvgIpc) is 3.32. The van der Waals surface area contributed by atoms with Crippen molar-refractivity contribution in [3.63, 3.8) is 0 Å². The summed E-state index contributed by atoms with van der Waals surface area (Å²) in [5.74, 6) is -0.260. The molecule has 1 aromatic heterocycles. The van der Waals surface area contributed by atoms with Gasteiger partial charge in [0.25, 0.3) is 5.91 Å². The quantitative estimate of drug-likeness (QED) is 0.285. The molecule has 3 heterocycles. The van der Waals surface area contributed by atoms with E-state index in [1.165, 1.54) is 28.6 Å². The van der Waals surface area contributed by atoms with Crippen LogP contribution in [0.3, 0.4) is 0 Å². The second-order valence-electron chi connectivity index (χ2n) is 8.68. The van der Waals surface area contributed by atoms with E-state index in [9.17, 15) is 18.0 Å². The van der Waals surface area contributed by atoms with E-state index < -0.39 is 11.7 Å². The molecule has 6 nitrogen and oxygen atoms in total. The van der Waals surface area contributed by atoms with Gasteiger partial charge in [-0.2, -0.15) is 23.3 Å². The molecular weight excluding hydrogens is 543 g/mol. The normalized spacial score (nSPS) is 18.6. The summed E-state index contributed by atoms with van der Waals surface area (Å²) in [5, 5.41) is 5.83. The minimum absolute atomic E-state index is 0.0309. The molecule has 3 aromatic rings. The minimum Gasteiger partial charge on any atom is -0.349 e. The number of hydrogen-bond donors (Lipinski definition) is 0. The van der Waals surface area contributed by atoms with Crippen LogP contribution < -0.4 is 0 Å². The summed E-state index contributed by atoms with van der Waals surface area (Å²) in [5.41, 5.74) is 0.796. The van der Waals surface area contributed by atoms with Crippen molar-refractivity contribution < 1.29 is 18.0 Å². The number of hydrogen-bond acceptors (Lipinski definition) is 6. The SMILES string of the molecule is CSN1CCCN(C2=NC(=O)/C(=C/c3ccc4c(cnn4Cc4ccc(Cl)cc4C(F)(F)F)c3)S2)CC1. The second-order valence-corrected chi connectivity index (χ2v) is 11.0. The number of nitrogens with zero attached hydrogens (tertiary/aromatic N) is 5. The molecular formula is C25H23ClF3N5OS2. The fourth-order valence-electron chi connectivity index (χ4n) is 4.39. The van der Waals surface area contributed by atoms with Gasteiger partial charge in [-0.1, -0.05) is 35.7 Å². The molecule has 37 heavy (non-hydrogen) atoms. The van der Waals surface area contributed by atoms with E-state index in [0.717, 1.165) is 54.8 Å². The van der Waals surface area contributed by atoms with Crippen molar-refractivity contribution in [3.05, 3.63) is 69.2 Å². The first kappa shape index (κ1) is 26.1. The van der Waals surface area contributed by atoms with Gasteiger partial charge >= 0.3 is 6.18 Å². The van der Waals surface area contributed by atoms with E-state index in [0.29, 0.717) is 10.4 Å². The van der Waals surface area contributed by atoms with Gasteiger partial charge in [-0.15, -0.1) is 0 Å². The fraction of sp³-hybridized carbons (Fsp3) is 0.320. The number of aliphatic imine (C=N–C) groups is 1. The number of benzene rings is 2. The monoisotopic (exact) mass is 565 g/mol. The Labute approximate surface area is 225 Å². The predicted molar refractivity (Wildman–Crippen MR) is 145 cm³/mol. The van der Waals surface area contributed by atoms with Crippen LogP contribution in [0.25, 0.3) is 17.0 Å². The van der Waals surface area contributed by atoms with Crippen LogP contribution in [0.15, 0.2) is 52.5 Å². The van der Waals surface area contributed by atoms with Crippen LogP contribution in [0.4, 0.5) is 13.2 Å². The molecule has 1 saturated heterocycles. The summed E-state index contributed by atoms with van der Waals surface area (Å²) < 4.78 is 44.4. The molecule has 194 valence electrons. The summed E-state index contributed by atoms with van der Waals surface area (Å²) in [4.78, 5) is 19.6. The first-order valence-electron chi connectivity index (χ1n) is 11.6. The van der Waals surface area contributed by atoms with Gasteiger partial charge in [0, 0.05) is 36.6 Å². The highest BCUT2D eigenvalue weighted by Crippen LogP contribution is 2.35. The zero-order valence-electron chi connectivity index (χ0n) is 19.8. The van der Waals surface area contributed by atoms with Gasteiger partial charge in [0.2, 0.25) is 0 Å². The summed E-state index contributed by atoms with van der Waals surface area (Å²) in [6.07, 6.45) is 1.97.